The van der Waals surface area contributed by atoms with E-state index in [1.807, 2.05) is 0 Å². The monoisotopic (exact) mass is 375 g/mol. The number of hydrogen-bond donors (Lipinski definition) is 0. The topological polar surface area (TPSA) is 52.3 Å². The summed E-state index contributed by atoms with van der Waals surface area (Å²) in [7, 11) is 0. The predicted octanol–water partition coefficient (Wildman–Crippen LogP) is 5.90. The lowest BCUT2D eigenvalue weighted by molar-refractivity contribution is 0.0318. The van der Waals surface area contributed by atoms with Crippen LogP contribution in [0.5, 0.6) is 0 Å². The number of oxazole rings is 1. The van der Waals surface area contributed by atoms with Crippen LogP contribution in [0.2, 0.25) is 10.0 Å². The van der Waals surface area contributed by atoms with Crippen molar-refractivity contribution in [3.05, 3.63) is 52.0 Å². The first-order valence-corrected chi connectivity index (χ1v) is 8.92. The molecule has 0 amide bonds. The third kappa shape index (κ3) is 3.51. The van der Waals surface area contributed by atoms with Gasteiger partial charge in [0, 0.05) is 15.6 Å². The first kappa shape index (κ1) is 16.4. The molecule has 1 heterocycles. The highest BCUT2D eigenvalue weighted by atomic mass is 35.5. The summed E-state index contributed by atoms with van der Waals surface area (Å²) < 4.78 is 11.3. The second-order valence-electron chi connectivity index (χ2n) is 6.17. The van der Waals surface area contributed by atoms with Crippen LogP contribution in [-0.2, 0) is 4.74 Å². The average Bonchev–Trinajstić information content (AvgIpc) is 3.22. The second-order valence-corrected chi connectivity index (χ2v) is 7.04. The molecule has 1 aliphatic carbocycles. The van der Waals surface area contributed by atoms with E-state index in [1.165, 1.54) is 0 Å². The summed E-state index contributed by atoms with van der Waals surface area (Å²) >= 11 is 12.1. The fourth-order valence-electron chi connectivity index (χ4n) is 3.08. The van der Waals surface area contributed by atoms with Crippen LogP contribution < -0.4 is 0 Å². The van der Waals surface area contributed by atoms with Gasteiger partial charge in [-0.25, -0.2) is 9.78 Å². The van der Waals surface area contributed by atoms with Crippen molar-refractivity contribution in [1.29, 1.82) is 0 Å². The lowest BCUT2D eigenvalue weighted by Crippen LogP contribution is -2.14. The zero-order valence-electron chi connectivity index (χ0n) is 13.3. The van der Waals surface area contributed by atoms with Gasteiger partial charge in [-0.3, -0.25) is 0 Å². The van der Waals surface area contributed by atoms with Gasteiger partial charge in [-0.15, -0.1) is 0 Å². The van der Waals surface area contributed by atoms with Crippen LogP contribution in [0.3, 0.4) is 0 Å². The average molecular weight is 376 g/mol. The number of aromatic nitrogens is 1. The Bertz CT molecular complexity index is 925. The molecule has 128 valence electrons. The Labute approximate surface area is 154 Å². The van der Waals surface area contributed by atoms with Gasteiger partial charge in [0.15, 0.2) is 5.58 Å². The van der Waals surface area contributed by atoms with Crippen LogP contribution in [0.1, 0.15) is 36.0 Å². The van der Waals surface area contributed by atoms with Gasteiger partial charge in [0.2, 0.25) is 5.89 Å². The van der Waals surface area contributed by atoms with Gasteiger partial charge in [0.1, 0.15) is 11.6 Å². The van der Waals surface area contributed by atoms with Crippen molar-refractivity contribution in [2.24, 2.45) is 0 Å². The Hall–Kier alpha value is -2.04. The maximum absolute atomic E-state index is 12.3. The van der Waals surface area contributed by atoms with Gasteiger partial charge in [-0.1, -0.05) is 23.2 Å². The van der Waals surface area contributed by atoms with Crippen molar-refractivity contribution in [3.8, 4) is 11.5 Å². The molecule has 0 aliphatic heterocycles. The molecule has 1 aromatic heterocycles. The zero-order chi connectivity index (χ0) is 17.4. The molecule has 3 aromatic rings. The molecule has 0 N–H and O–H groups in total. The van der Waals surface area contributed by atoms with Crippen LogP contribution in [0.4, 0.5) is 0 Å². The van der Waals surface area contributed by atoms with Gasteiger partial charge >= 0.3 is 5.97 Å². The Kier molecular flexibility index (Phi) is 4.40. The number of ether oxygens (including phenoxy) is 1. The first-order valence-electron chi connectivity index (χ1n) is 8.16. The standard InChI is InChI=1S/C19H15Cl2NO3/c20-13-7-12(8-14(21)10-13)18-22-16-6-5-11(9-17(16)25-18)19(23)24-15-3-1-2-4-15/h5-10,15H,1-4H2. The van der Waals surface area contributed by atoms with Gasteiger partial charge in [0.05, 0.1) is 5.56 Å². The van der Waals surface area contributed by atoms with Crippen LogP contribution in [0.15, 0.2) is 40.8 Å². The van der Waals surface area contributed by atoms with Crippen LogP contribution in [0, 0.1) is 0 Å². The third-order valence-electron chi connectivity index (χ3n) is 4.31. The molecule has 4 rings (SSSR count). The quantitative estimate of drug-likeness (QED) is 0.534. The minimum absolute atomic E-state index is 0.0297. The van der Waals surface area contributed by atoms with E-state index in [2.05, 4.69) is 4.98 Å². The zero-order valence-corrected chi connectivity index (χ0v) is 14.8. The van der Waals surface area contributed by atoms with Crippen molar-refractivity contribution in [3.63, 3.8) is 0 Å². The number of rotatable bonds is 3. The molecule has 2 aromatic carbocycles. The number of carbonyl (C=O) groups excluding carboxylic acids is 1. The van der Waals surface area contributed by atoms with E-state index in [4.69, 9.17) is 32.4 Å². The Balaban J connectivity index is 1.63. The van der Waals surface area contributed by atoms with E-state index >= 15 is 0 Å². The summed E-state index contributed by atoms with van der Waals surface area (Å²) in [5.74, 6) is 0.0817. The summed E-state index contributed by atoms with van der Waals surface area (Å²) in [6, 6.07) is 10.2. The molecule has 1 fully saturated rings. The van der Waals surface area contributed by atoms with Crippen LogP contribution in [0.25, 0.3) is 22.6 Å². The van der Waals surface area contributed by atoms with E-state index < -0.39 is 0 Å². The van der Waals surface area contributed by atoms with Crippen molar-refractivity contribution < 1.29 is 13.9 Å². The van der Waals surface area contributed by atoms with Crippen molar-refractivity contribution in [2.45, 2.75) is 31.8 Å². The summed E-state index contributed by atoms with van der Waals surface area (Å²) in [5.41, 5.74) is 2.32. The smallest absolute Gasteiger partial charge is 0.338 e. The molecule has 25 heavy (non-hydrogen) atoms. The van der Waals surface area contributed by atoms with Crippen molar-refractivity contribution in [1.82, 2.24) is 4.98 Å². The van der Waals surface area contributed by atoms with Gasteiger partial charge in [-0.2, -0.15) is 0 Å². The van der Waals surface area contributed by atoms with E-state index in [0.29, 0.717) is 38.2 Å². The molecule has 1 aliphatic rings. The maximum Gasteiger partial charge on any atom is 0.338 e. The highest BCUT2D eigenvalue weighted by Crippen LogP contribution is 2.30. The van der Waals surface area contributed by atoms with Gasteiger partial charge in [0.25, 0.3) is 0 Å². The Morgan fingerprint density at radius 1 is 1.08 bits per heavy atom. The number of nitrogens with zero attached hydrogens (tertiary/aromatic N) is 1. The van der Waals surface area contributed by atoms with Crippen LogP contribution in [-0.4, -0.2) is 17.1 Å². The van der Waals surface area contributed by atoms with Crippen LogP contribution >= 0.6 is 23.2 Å². The summed E-state index contributed by atoms with van der Waals surface area (Å²) in [6.45, 7) is 0. The minimum atomic E-state index is -0.322. The lowest BCUT2D eigenvalue weighted by atomic mass is 10.2. The fourth-order valence-corrected chi connectivity index (χ4v) is 3.60. The lowest BCUT2D eigenvalue weighted by Gasteiger charge is -2.10. The number of esters is 1. The van der Waals surface area contributed by atoms with E-state index in [-0.39, 0.29) is 12.1 Å². The van der Waals surface area contributed by atoms with Crippen molar-refractivity contribution >= 4 is 40.3 Å². The number of halogens is 2. The minimum Gasteiger partial charge on any atom is -0.459 e. The molecule has 0 unspecified atom stereocenters. The van der Waals surface area contributed by atoms with Gasteiger partial charge < -0.3 is 9.15 Å². The molecule has 1 saturated carbocycles. The largest absolute Gasteiger partial charge is 0.459 e. The number of benzene rings is 2. The van der Waals surface area contributed by atoms with Gasteiger partial charge in [-0.05, 0) is 62.1 Å². The number of carbonyl (C=O) groups is 1. The summed E-state index contributed by atoms with van der Waals surface area (Å²) in [4.78, 5) is 16.7. The molecule has 6 heteroatoms. The summed E-state index contributed by atoms with van der Waals surface area (Å²) in [5, 5.41) is 1.01. The molecular formula is C19H15Cl2NO3. The highest BCUT2D eigenvalue weighted by Gasteiger charge is 2.21. The third-order valence-corrected chi connectivity index (χ3v) is 4.75. The SMILES string of the molecule is O=C(OC1CCCC1)c1ccc2nc(-c3cc(Cl)cc(Cl)c3)oc2c1. The van der Waals surface area contributed by atoms with E-state index in [1.54, 1.807) is 36.4 Å². The first-order chi connectivity index (χ1) is 12.1. The molecule has 0 atom stereocenters. The predicted molar refractivity (Wildman–Crippen MR) is 97.1 cm³/mol. The molecule has 0 bridgehead atoms. The number of fused-ring (bicyclic) bond motifs is 1. The molecule has 0 radical (unpaired) electrons. The normalized spacial score (nSPS) is 15.0. The molecule has 0 saturated heterocycles. The Morgan fingerprint density at radius 2 is 1.80 bits per heavy atom. The van der Waals surface area contributed by atoms with Crippen molar-refractivity contribution in [2.75, 3.05) is 0 Å². The maximum atomic E-state index is 12.3. The highest BCUT2D eigenvalue weighted by molar-refractivity contribution is 6.35. The molecule has 4 nitrogen and oxygen atoms in total. The summed E-state index contributed by atoms with van der Waals surface area (Å²) in [6.07, 6.45) is 4.14. The number of hydrogen-bond acceptors (Lipinski definition) is 4. The molecular weight excluding hydrogens is 361 g/mol. The van der Waals surface area contributed by atoms with E-state index in [9.17, 15) is 4.79 Å². The second kappa shape index (κ2) is 6.70. The Morgan fingerprint density at radius 3 is 2.52 bits per heavy atom. The molecule has 0 spiro atoms. The fraction of sp³-hybridized carbons (Fsp3) is 0.263. The van der Waals surface area contributed by atoms with E-state index in [0.717, 1.165) is 25.7 Å².